The second-order valence-electron chi connectivity index (χ2n) is 5.52. The first-order valence-corrected chi connectivity index (χ1v) is 9.83. The molecular formula is C18H21ClN5OS+. The van der Waals surface area contributed by atoms with Gasteiger partial charge in [-0.2, -0.15) is 4.68 Å². The highest BCUT2D eigenvalue weighted by Gasteiger charge is 2.10. The summed E-state index contributed by atoms with van der Waals surface area (Å²) in [4.78, 5) is 0. The molecule has 0 aliphatic heterocycles. The van der Waals surface area contributed by atoms with Crippen molar-refractivity contribution in [1.29, 1.82) is 0 Å². The van der Waals surface area contributed by atoms with E-state index in [4.69, 9.17) is 16.3 Å². The summed E-state index contributed by atoms with van der Waals surface area (Å²) >= 11 is 7.74. The monoisotopic (exact) mass is 390 g/mol. The third-order valence-electron chi connectivity index (χ3n) is 3.68. The lowest BCUT2D eigenvalue weighted by Crippen LogP contribution is -2.83. The highest BCUT2D eigenvalue weighted by atomic mass is 35.5. The molecule has 0 aliphatic rings. The number of tetrazole rings is 1. The van der Waals surface area contributed by atoms with Crippen LogP contribution in [0.5, 0.6) is 5.75 Å². The van der Waals surface area contributed by atoms with Crippen molar-refractivity contribution in [2.45, 2.75) is 18.6 Å². The molecule has 3 aromatic rings. The Hall–Kier alpha value is -2.09. The second kappa shape index (κ2) is 9.56. The van der Waals surface area contributed by atoms with Gasteiger partial charge in [-0.3, -0.25) is 0 Å². The fourth-order valence-corrected chi connectivity index (χ4v) is 3.52. The maximum atomic E-state index is 6.10. The number of rotatable bonds is 9. The lowest BCUT2D eigenvalue weighted by atomic mass is 10.2. The van der Waals surface area contributed by atoms with E-state index in [0.29, 0.717) is 6.61 Å². The van der Waals surface area contributed by atoms with Gasteiger partial charge in [0.1, 0.15) is 12.3 Å². The molecule has 136 valence electrons. The predicted molar refractivity (Wildman–Crippen MR) is 103 cm³/mol. The number of ether oxygens (including phenoxy) is 1. The van der Waals surface area contributed by atoms with Crippen LogP contribution in [0.3, 0.4) is 0 Å². The molecule has 3 rings (SSSR count). The number of para-hydroxylation sites is 1. The summed E-state index contributed by atoms with van der Waals surface area (Å²) in [6.07, 6.45) is 0. The predicted octanol–water partition coefficient (Wildman–Crippen LogP) is 2.57. The number of aromatic nitrogens is 4. The SMILES string of the molecule is CCOc1ccc(Cl)cc1C[NH2+]CCSc1nnnn1-c1ccccc1. The molecule has 0 spiro atoms. The maximum Gasteiger partial charge on any atom is 0.214 e. The first-order valence-electron chi connectivity index (χ1n) is 8.47. The van der Waals surface area contributed by atoms with E-state index in [0.717, 1.165) is 46.0 Å². The Balaban J connectivity index is 1.50. The van der Waals surface area contributed by atoms with Crippen LogP contribution in [0.2, 0.25) is 5.02 Å². The molecule has 0 atom stereocenters. The Morgan fingerprint density at radius 1 is 1.19 bits per heavy atom. The van der Waals surface area contributed by atoms with Crippen LogP contribution in [-0.4, -0.2) is 39.1 Å². The molecule has 0 amide bonds. The molecule has 0 fully saturated rings. The van der Waals surface area contributed by atoms with Crippen LogP contribution in [0.4, 0.5) is 0 Å². The Bertz CT molecular complexity index is 827. The third-order valence-corrected chi connectivity index (χ3v) is 4.87. The van der Waals surface area contributed by atoms with E-state index in [-0.39, 0.29) is 0 Å². The summed E-state index contributed by atoms with van der Waals surface area (Å²) in [5, 5.41) is 15.7. The van der Waals surface area contributed by atoms with E-state index in [1.807, 2.05) is 55.5 Å². The molecule has 8 heteroatoms. The first-order chi connectivity index (χ1) is 12.8. The van der Waals surface area contributed by atoms with Crippen LogP contribution >= 0.6 is 23.4 Å². The molecule has 0 saturated carbocycles. The maximum absolute atomic E-state index is 6.10. The quantitative estimate of drug-likeness (QED) is 0.449. The van der Waals surface area contributed by atoms with Gasteiger partial charge >= 0.3 is 0 Å². The zero-order valence-corrected chi connectivity index (χ0v) is 16.1. The van der Waals surface area contributed by atoms with Gasteiger partial charge in [0.25, 0.3) is 0 Å². The largest absolute Gasteiger partial charge is 0.493 e. The lowest BCUT2D eigenvalue weighted by Gasteiger charge is -2.09. The molecule has 0 saturated heterocycles. The molecule has 0 aliphatic carbocycles. The topological polar surface area (TPSA) is 69.4 Å². The van der Waals surface area contributed by atoms with Crippen molar-refractivity contribution >= 4 is 23.4 Å². The molecule has 2 aromatic carbocycles. The van der Waals surface area contributed by atoms with Crippen molar-refractivity contribution in [3.63, 3.8) is 0 Å². The van der Waals surface area contributed by atoms with E-state index in [1.54, 1.807) is 16.4 Å². The van der Waals surface area contributed by atoms with Gasteiger partial charge in [-0.05, 0) is 47.7 Å². The van der Waals surface area contributed by atoms with E-state index in [2.05, 4.69) is 20.8 Å². The number of quaternary nitrogens is 1. The normalized spacial score (nSPS) is 10.8. The van der Waals surface area contributed by atoms with Crippen molar-refractivity contribution in [3.8, 4) is 11.4 Å². The summed E-state index contributed by atoms with van der Waals surface area (Å²) in [6.45, 7) is 4.38. The molecule has 6 nitrogen and oxygen atoms in total. The molecule has 1 aromatic heterocycles. The van der Waals surface area contributed by atoms with Crippen molar-refractivity contribution in [3.05, 3.63) is 59.1 Å². The van der Waals surface area contributed by atoms with Crippen LogP contribution in [0, 0.1) is 0 Å². The average molecular weight is 391 g/mol. The van der Waals surface area contributed by atoms with Gasteiger partial charge in [-0.1, -0.05) is 41.6 Å². The van der Waals surface area contributed by atoms with Gasteiger partial charge in [-0.25, -0.2) is 0 Å². The van der Waals surface area contributed by atoms with Gasteiger partial charge in [0.05, 0.1) is 24.6 Å². The minimum Gasteiger partial charge on any atom is -0.493 e. The van der Waals surface area contributed by atoms with Crippen LogP contribution in [0.1, 0.15) is 12.5 Å². The highest BCUT2D eigenvalue weighted by molar-refractivity contribution is 7.99. The lowest BCUT2D eigenvalue weighted by molar-refractivity contribution is -0.666. The number of nitrogens with zero attached hydrogens (tertiary/aromatic N) is 4. The molecule has 0 unspecified atom stereocenters. The van der Waals surface area contributed by atoms with Crippen molar-refractivity contribution in [1.82, 2.24) is 20.2 Å². The number of nitrogens with two attached hydrogens (primary N) is 1. The average Bonchev–Trinajstić information content (AvgIpc) is 3.13. The first kappa shape index (κ1) is 18.7. The third kappa shape index (κ3) is 4.97. The Morgan fingerprint density at radius 2 is 2.04 bits per heavy atom. The smallest absolute Gasteiger partial charge is 0.214 e. The van der Waals surface area contributed by atoms with Gasteiger partial charge < -0.3 is 10.1 Å². The minimum absolute atomic E-state index is 0.645. The zero-order chi connectivity index (χ0) is 18.2. The van der Waals surface area contributed by atoms with E-state index >= 15 is 0 Å². The second-order valence-corrected chi connectivity index (χ2v) is 7.02. The van der Waals surface area contributed by atoms with Crippen molar-refractivity contribution < 1.29 is 10.1 Å². The van der Waals surface area contributed by atoms with Crippen LogP contribution < -0.4 is 10.1 Å². The van der Waals surface area contributed by atoms with Crippen LogP contribution in [0.15, 0.2) is 53.7 Å². The summed E-state index contributed by atoms with van der Waals surface area (Å²) < 4.78 is 7.42. The number of halogens is 1. The van der Waals surface area contributed by atoms with Crippen LogP contribution in [-0.2, 0) is 6.54 Å². The number of hydrogen-bond acceptors (Lipinski definition) is 5. The highest BCUT2D eigenvalue weighted by Crippen LogP contribution is 2.22. The minimum atomic E-state index is 0.645. The van der Waals surface area contributed by atoms with Gasteiger partial charge in [0, 0.05) is 10.6 Å². The molecule has 0 radical (unpaired) electrons. The van der Waals surface area contributed by atoms with Crippen molar-refractivity contribution in [2.75, 3.05) is 18.9 Å². The Morgan fingerprint density at radius 3 is 2.85 bits per heavy atom. The van der Waals surface area contributed by atoms with Crippen molar-refractivity contribution in [2.24, 2.45) is 0 Å². The van der Waals surface area contributed by atoms with E-state index in [1.165, 1.54) is 0 Å². The van der Waals surface area contributed by atoms with Gasteiger partial charge in [0.2, 0.25) is 5.16 Å². The summed E-state index contributed by atoms with van der Waals surface area (Å²) in [5.41, 5.74) is 2.07. The molecule has 0 bridgehead atoms. The number of hydrogen-bond donors (Lipinski definition) is 1. The number of benzene rings is 2. The molecular weight excluding hydrogens is 370 g/mol. The number of thioether (sulfide) groups is 1. The summed E-state index contributed by atoms with van der Waals surface area (Å²) in [6, 6.07) is 15.6. The Kier molecular flexibility index (Phi) is 6.88. The fraction of sp³-hybridized carbons (Fsp3) is 0.278. The standard InChI is InChI=1S/C18H20ClN5OS/c1-2-25-17-9-8-15(19)12-14(17)13-20-10-11-26-18-21-22-23-24(18)16-6-4-3-5-7-16/h3-9,12,20H,2,10-11,13H2,1H3/p+1. The molecule has 26 heavy (non-hydrogen) atoms. The molecule has 1 heterocycles. The molecule has 2 N–H and O–H groups in total. The van der Waals surface area contributed by atoms with Gasteiger partial charge in [0.15, 0.2) is 0 Å². The fourth-order valence-electron chi connectivity index (χ4n) is 2.50. The van der Waals surface area contributed by atoms with Crippen LogP contribution in [0.25, 0.3) is 5.69 Å². The zero-order valence-electron chi connectivity index (χ0n) is 14.5. The van der Waals surface area contributed by atoms with E-state index < -0.39 is 0 Å². The van der Waals surface area contributed by atoms with Gasteiger partial charge in [-0.15, -0.1) is 5.10 Å². The van der Waals surface area contributed by atoms with E-state index in [9.17, 15) is 0 Å². The Labute approximate surface area is 161 Å². The summed E-state index contributed by atoms with van der Waals surface area (Å²) in [5.74, 6) is 1.80. The summed E-state index contributed by atoms with van der Waals surface area (Å²) in [7, 11) is 0.